The molecule has 2 atom stereocenters. The maximum Gasteiger partial charge on any atom is 0.0727 e. The Labute approximate surface area is 126 Å². The second-order valence-electron chi connectivity index (χ2n) is 6.37. The van der Waals surface area contributed by atoms with Crippen LogP contribution in [0.2, 0.25) is 0 Å². The second kappa shape index (κ2) is 5.53. The number of nitrogens with zero attached hydrogens (tertiary/aromatic N) is 2. The molecule has 3 rings (SSSR count). The lowest BCUT2D eigenvalue weighted by molar-refractivity contribution is 0.206. The molecule has 2 heterocycles. The first-order valence-electron chi connectivity index (χ1n) is 7.65. The fourth-order valence-electron chi connectivity index (χ4n) is 3.26. The normalized spacial score (nSPS) is 23.4. The zero-order chi connectivity index (χ0) is 15.0. The molecular weight excluding hydrogens is 260 g/mol. The average Bonchev–Trinajstić information content (AvgIpc) is 2.42. The van der Waals surface area contributed by atoms with Crippen LogP contribution < -0.4 is 11.1 Å². The number of nitrogens with two attached hydrogens (primary N) is 1. The summed E-state index contributed by atoms with van der Waals surface area (Å²) in [6.45, 7) is 6.64. The van der Waals surface area contributed by atoms with E-state index in [1.807, 2.05) is 25.1 Å². The van der Waals surface area contributed by atoms with E-state index in [2.05, 4.69) is 35.2 Å². The van der Waals surface area contributed by atoms with E-state index in [9.17, 15) is 0 Å². The summed E-state index contributed by atoms with van der Waals surface area (Å²) in [7, 11) is 2.19. The van der Waals surface area contributed by atoms with Crippen molar-refractivity contribution in [3.05, 3.63) is 30.0 Å². The number of nitrogens with one attached hydrogen (secondary N) is 1. The summed E-state index contributed by atoms with van der Waals surface area (Å²) >= 11 is 0. The molecule has 0 radical (unpaired) electrons. The molecule has 1 saturated heterocycles. The van der Waals surface area contributed by atoms with Gasteiger partial charge < -0.3 is 16.0 Å². The van der Waals surface area contributed by atoms with Crippen LogP contribution in [0.4, 0.5) is 11.4 Å². The zero-order valence-electron chi connectivity index (χ0n) is 13.1. The molecule has 4 heteroatoms. The number of nitrogen functional groups attached to an aromatic ring is 1. The number of benzene rings is 1. The van der Waals surface area contributed by atoms with Crippen LogP contribution in [-0.2, 0) is 0 Å². The molecule has 2 aromatic rings. The van der Waals surface area contributed by atoms with Crippen molar-refractivity contribution < 1.29 is 0 Å². The van der Waals surface area contributed by atoms with Crippen LogP contribution in [0.3, 0.4) is 0 Å². The number of likely N-dealkylation sites (tertiary alicyclic amines) is 1. The van der Waals surface area contributed by atoms with Gasteiger partial charge in [-0.2, -0.15) is 0 Å². The Morgan fingerprint density at radius 2 is 2.14 bits per heavy atom. The van der Waals surface area contributed by atoms with Crippen LogP contribution in [0.25, 0.3) is 10.9 Å². The molecule has 3 N–H and O–H groups in total. The molecule has 21 heavy (non-hydrogen) atoms. The Kier molecular flexibility index (Phi) is 3.72. The second-order valence-corrected chi connectivity index (χ2v) is 6.37. The number of aryl methyl sites for hydroxylation is 1. The summed E-state index contributed by atoms with van der Waals surface area (Å²) in [6.07, 6.45) is 1.17. The smallest absolute Gasteiger partial charge is 0.0727 e. The minimum Gasteiger partial charge on any atom is -0.399 e. The van der Waals surface area contributed by atoms with E-state index in [1.54, 1.807) is 0 Å². The highest BCUT2D eigenvalue weighted by Gasteiger charge is 2.24. The molecule has 0 bridgehead atoms. The van der Waals surface area contributed by atoms with E-state index in [0.29, 0.717) is 12.0 Å². The van der Waals surface area contributed by atoms with Gasteiger partial charge in [-0.3, -0.25) is 4.98 Å². The quantitative estimate of drug-likeness (QED) is 0.833. The summed E-state index contributed by atoms with van der Waals surface area (Å²) in [6, 6.07) is 8.57. The summed E-state index contributed by atoms with van der Waals surface area (Å²) in [5.41, 5.74) is 9.93. The molecule has 4 nitrogen and oxygen atoms in total. The third-order valence-corrected chi connectivity index (χ3v) is 4.41. The monoisotopic (exact) mass is 284 g/mol. The molecule has 0 amide bonds. The highest BCUT2D eigenvalue weighted by molar-refractivity contribution is 5.93. The predicted octanol–water partition coefficient (Wildman–Crippen LogP) is 2.88. The largest absolute Gasteiger partial charge is 0.399 e. The SMILES string of the molecule is Cc1cc(NC2CCN(C)CC2C)c2cc(N)ccc2n1. The highest BCUT2D eigenvalue weighted by atomic mass is 15.1. The minimum atomic E-state index is 0.507. The molecule has 1 aliphatic heterocycles. The molecule has 112 valence electrons. The third-order valence-electron chi connectivity index (χ3n) is 4.41. The van der Waals surface area contributed by atoms with Gasteiger partial charge in [-0.15, -0.1) is 0 Å². The van der Waals surface area contributed by atoms with Crippen molar-refractivity contribution in [3.63, 3.8) is 0 Å². The van der Waals surface area contributed by atoms with E-state index >= 15 is 0 Å². The Morgan fingerprint density at radius 3 is 2.90 bits per heavy atom. The van der Waals surface area contributed by atoms with Gasteiger partial charge in [0.25, 0.3) is 0 Å². The summed E-state index contributed by atoms with van der Waals surface area (Å²) in [4.78, 5) is 7.00. The van der Waals surface area contributed by atoms with Gasteiger partial charge in [0.1, 0.15) is 0 Å². The van der Waals surface area contributed by atoms with E-state index in [0.717, 1.165) is 41.1 Å². The number of hydrogen-bond acceptors (Lipinski definition) is 4. The molecule has 2 unspecified atom stereocenters. The highest BCUT2D eigenvalue weighted by Crippen LogP contribution is 2.28. The van der Waals surface area contributed by atoms with Gasteiger partial charge in [0, 0.05) is 35.0 Å². The number of piperidine rings is 1. The summed E-state index contributed by atoms with van der Waals surface area (Å²) < 4.78 is 0. The Morgan fingerprint density at radius 1 is 1.33 bits per heavy atom. The molecule has 0 spiro atoms. The van der Waals surface area contributed by atoms with Crippen molar-refractivity contribution in [1.29, 1.82) is 0 Å². The number of fused-ring (bicyclic) bond motifs is 1. The lowest BCUT2D eigenvalue weighted by Gasteiger charge is -2.36. The van der Waals surface area contributed by atoms with Crippen LogP contribution in [0.15, 0.2) is 24.3 Å². The maximum atomic E-state index is 5.95. The van der Waals surface area contributed by atoms with Gasteiger partial charge in [-0.1, -0.05) is 6.92 Å². The lowest BCUT2D eigenvalue weighted by atomic mass is 9.93. The van der Waals surface area contributed by atoms with Gasteiger partial charge in [-0.05, 0) is 57.1 Å². The summed E-state index contributed by atoms with van der Waals surface area (Å²) in [5, 5.41) is 4.86. The van der Waals surface area contributed by atoms with Crippen LogP contribution >= 0.6 is 0 Å². The molecule has 1 aromatic carbocycles. The standard InChI is InChI=1S/C17H24N4/c1-11-10-21(3)7-6-15(11)20-17-8-12(2)19-16-5-4-13(18)9-14(16)17/h4-5,8-9,11,15H,6-7,10,18H2,1-3H3,(H,19,20). The first-order valence-corrected chi connectivity index (χ1v) is 7.65. The van der Waals surface area contributed by atoms with Crippen LogP contribution in [-0.4, -0.2) is 36.1 Å². The number of anilines is 2. The van der Waals surface area contributed by atoms with Crippen LogP contribution in [0, 0.1) is 12.8 Å². The first kappa shape index (κ1) is 14.1. The van der Waals surface area contributed by atoms with Gasteiger partial charge >= 0.3 is 0 Å². The number of pyridine rings is 1. The van der Waals surface area contributed by atoms with Crippen molar-refractivity contribution in [1.82, 2.24) is 9.88 Å². The average molecular weight is 284 g/mol. The number of hydrogen-bond donors (Lipinski definition) is 2. The number of aromatic nitrogens is 1. The summed E-state index contributed by atoms with van der Waals surface area (Å²) in [5.74, 6) is 0.633. The molecule has 1 aromatic heterocycles. The maximum absolute atomic E-state index is 5.95. The van der Waals surface area contributed by atoms with Gasteiger partial charge in [-0.25, -0.2) is 0 Å². The Hall–Kier alpha value is -1.81. The van der Waals surface area contributed by atoms with E-state index < -0.39 is 0 Å². The van der Waals surface area contributed by atoms with Crippen molar-refractivity contribution >= 4 is 22.3 Å². The van der Waals surface area contributed by atoms with Gasteiger partial charge in [0.15, 0.2) is 0 Å². The van der Waals surface area contributed by atoms with Gasteiger partial charge in [0.05, 0.1) is 5.52 Å². The van der Waals surface area contributed by atoms with Crippen LogP contribution in [0.5, 0.6) is 0 Å². The lowest BCUT2D eigenvalue weighted by Crippen LogP contribution is -2.43. The minimum absolute atomic E-state index is 0.507. The van der Waals surface area contributed by atoms with E-state index in [4.69, 9.17) is 5.73 Å². The Bertz CT molecular complexity index is 653. The van der Waals surface area contributed by atoms with Crippen molar-refractivity contribution in [2.75, 3.05) is 31.2 Å². The predicted molar refractivity (Wildman–Crippen MR) is 89.6 cm³/mol. The van der Waals surface area contributed by atoms with Crippen LogP contribution in [0.1, 0.15) is 19.0 Å². The van der Waals surface area contributed by atoms with Gasteiger partial charge in [0.2, 0.25) is 0 Å². The fourth-order valence-corrected chi connectivity index (χ4v) is 3.26. The molecule has 1 fully saturated rings. The fraction of sp³-hybridized carbons (Fsp3) is 0.471. The van der Waals surface area contributed by atoms with Crippen molar-refractivity contribution in [2.24, 2.45) is 5.92 Å². The van der Waals surface area contributed by atoms with Crippen molar-refractivity contribution in [2.45, 2.75) is 26.3 Å². The van der Waals surface area contributed by atoms with Crippen molar-refractivity contribution in [3.8, 4) is 0 Å². The topological polar surface area (TPSA) is 54.2 Å². The molecule has 1 aliphatic rings. The molecule has 0 aliphatic carbocycles. The zero-order valence-corrected chi connectivity index (χ0v) is 13.1. The molecular formula is C17H24N4. The first-order chi connectivity index (χ1) is 10.0. The van der Waals surface area contributed by atoms with E-state index in [1.165, 1.54) is 6.42 Å². The van der Waals surface area contributed by atoms with E-state index in [-0.39, 0.29) is 0 Å². The third kappa shape index (κ3) is 2.95. The number of rotatable bonds is 2. The Balaban J connectivity index is 1.94. The molecule has 0 saturated carbocycles.